The fourth-order valence-corrected chi connectivity index (χ4v) is 0.663. The van der Waals surface area contributed by atoms with Gasteiger partial charge in [-0.1, -0.05) is 6.08 Å². The summed E-state index contributed by atoms with van der Waals surface area (Å²) in [5, 5.41) is 1.99. The molecule has 1 heterocycles. The van der Waals surface area contributed by atoms with Gasteiger partial charge in [0.05, 0.1) is 0 Å². The van der Waals surface area contributed by atoms with Crippen LogP contribution in [-0.4, -0.2) is 44.8 Å². The van der Waals surface area contributed by atoms with Gasteiger partial charge in [0.1, 0.15) is 0 Å². The van der Waals surface area contributed by atoms with Gasteiger partial charge in [0.25, 0.3) is 0 Å². The van der Waals surface area contributed by atoms with E-state index in [9.17, 15) is 0 Å². The Labute approximate surface area is 97.6 Å². The predicted molar refractivity (Wildman–Crippen MR) is 53.2 cm³/mol. The molecule has 0 radical (unpaired) electrons. The molecule has 0 saturated carbocycles. The van der Waals surface area contributed by atoms with Crippen LogP contribution < -0.4 is 4.72 Å². The first kappa shape index (κ1) is 18.5. The van der Waals surface area contributed by atoms with E-state index < -0.39 is 8.25 Å². The minimum absolute atomic E-state index is 0. The summed E-state index contributed by atoms with van der Waals surface area (Å²) in [4.78, 5) is 14.3. The molecule has 0 spiro atoms. The molecular formula is C4H11NNaO4PS. The van der Waals surface area contributed by atoms with Crippen LogP contribution in [0.25, 0.3) is 0 Å². The zero-order valence-corrected chi connectivity index (χ0v) is 7.34. The van der Waals surface area contributed by atoms with E-state index in [0.29, 0.717) is 0 Å². The molecule has 1 aliphatic heterocycles. The molecule has 1 rings (SSSR count). The van der Waals surface area contributed by atoms with Gasteiger partial charge in [-0.3, -0.25) is 4.57 Å². The van der Waals surface area contributed by atoms with Crippen molar-refractivity contribution >= 4 is 49.8 Å². The van der Waals surface area contributed by atoms with Crippen LogP contribution in [0, 0.1) is 0 Å². The summed E-state index contributed by atoms with van der Waals surface area (Å²) < 4.78 is 11.7. The second-order valence-electron chi connectivity index (χ2n) is 1.21. The van der Waals surface area contributed by atoms with E-state index in [1.807, 2.05) is 23.8 Å². The minimum atomic E-state index is -3.13. The predicted octanol–water partition coefficient (Wildman–Crippen LogP) is -0.847. The first-order valence-corrected chi connectivity index (χ1v) is 4.56. The van der Waals surface area contributed by atoms with Crippen LogP contribution in [0.4, 0.5) is 0 Å². The Kier molecular flexibility index (Phi) is 22.0. The average molecular weight is 223 g/mol. The summed E-state index contributed by atoms with van der Waals surface area (Å²) in [6.07, 6.45) is 5.84. The van der Waals surface area contributed by atoms with Crippen molar-refractivity contribution in [2.45, 2.75) is 0 Å². The molecule has 12 heavy (non-hydrogen) atoms. The molecule has 68 valence electrons. The van der Waals surface area contributed by atoms with Gasteiger partial charge >= 0.3 is 37.8 Å². The monoisotopic (exact) mass is 223 g/mol. The molecular weight excluding hydrogens is 212 g/mol. The molecule has 8 heteroatoms. The van der Waals surface area contributed by atoms with Crippen LogP contribution >= 0.6 is 20.2 Å². The molecule has 0 fully saturated rings. The fraction of sp³-hybridized carbons (Fsp3) is 0. The van der Waals surface area contributed by atoms with Crippen molar-refractivity contribution in [2.75, 3.05) is 0 Å². The summed E-state index contributed by atoms with van der Waals surface area (Å²) in [7, 11) is -3.13. The Morgan fingerprint density at radius 3 is 1.92 bits per heavy atom. The van der Waals surface area contributed by atoms with E-state index in [1.54, 1.807) is 11.9 Å². The van der Waals surface area contributed by atoms with Crippen molar-refractivity contribution < 1.29 is 19.8 Å². The van der Waals surface area contributed by atoms with Gasteiger partial charge in [0, 0.05) is 6.20 Å². The van der Waals surface area contributed by atoms with Crippen molar-refractivity contribution in [1.82, 2.24) is 4.72 Å². The molecule has 0 aliphatic carbocycles. The normalized spacial score (nSPS) is 11.6. The van der Waals surface area contributed by atoms with E-state index in [-0.39, 0.29) is 35.0 Å². The van der Waals surface area contributed by atoms with Crippen molar-refractivity contribution in [1.29, 1.82) is 0 Å². The van der Waals surface area contributed by atoms with Gasteiger partial charge in [0.15, 0.2) is 0 Å². The van der Waals surface area contributed by atoms with Crippen LogP contribution in [0.1, 0.15) is 0 Å². The first-order chi connectivity index (χ1) is 4.73. The molecule has 0 aromatic heterocycles. The van der Waals surface area contributed by atoms with E-state index in [1.165, 1.54) is 0 Å². The van der Waals surface area contributed by atoms with E-state index >= 15 is 0 Å². The third kappa shape index (κ3) is 22.4. The zero-order chi connectivity index (χ0) is 7.82. The SMILES string of the molecule is C1=CNSC=C1.O.O=[PH](O)O.[NaH]. The summed E-state index contributed by atoms with van der Waals surface area (Å²) in [5.41, 5.74) is 0. The molecule has 5 nitrogen and oxygen atoms in total. The molecule has 1 aliphatic rings. The Morgan fingerprint density at radius 2 is 1.83 bits per heavy atom. The van der Waals surface area contributed by atoms with Gasteiger partial charge in [0.2, 0.25) is 0 Å². The number of nitrogens with one attached hydrogen (secondary N) is 1. The molecule has 5 N–H and O–H groups in total. The molecule has 0 unspecified atom stereocenters. The topological polar surface area (TPSA) is 101 Å². The molecule has 0 atom stereocenters. The summed E-state index contributed by atoms with van der Waals surface area (Å²) in [6, 6.07) is 0. The number of hydrogen-bond acceptors (Lipinski definition) is 3. The van der Waals surface area contributed by atoms with Crippen LogP contribution in [0.5, 0.6) is 0 Å². The zero-order valence-electron chi connectivity index (χ0n) is 5.52. The summed E-state index contributed by atoms with van der Waals surface area (Å²) in [6.45, 7) is 0. The third-order valence-corrected chi connectivity index (χ3v) is 1.06. The van der Waals surface area contributed by atoms with Gasteiger partial charge in [-0.2, -0.15) is 0 Å². The molecule has 0 amide bonds. The molecule has 0 aromatic rings. The van der Waals surface area contributed by atoms with Crippen LogP contribution in [0.2, 0.25) is 0 Å². The van der Waals surface area contributed by atoms with Crippen LogP contribution in [0.15, 0.2) is 23.8 Å². The Bertz CT molecular complexity index is 149. The quantitative estimate of drug-likeness (QED) is 0.282. The number of rotatable bonds is 0. The van der Waals surface area contributed by atoms with Gasteiger partial charge in [-0.15, -0.1) is 0 Å². The second kappa shape index (κ2) is 14.3. The Hall–Kier alpha value is 0.740. The Balaban J connectivity index is -0.000000124. The molecule has 0 aromatic carbocycles. The summed E-state index contributed by atoms with van der Waals surface area (Å²) >= 11 is 1.58. The molecule has 0 bridgehead atoms. The maximum atomic E-state index is 8.74. The third-order valence-electron chi connectivity index (χ3n) is 0.490. The van der Waals surface area contributed by atoms with Crippen LogP contribution in [0.3, 0.4) is 0 Å². The van der Waals surface area contributed by atoms with Crippen molar-refractivity contribution in [3.8, 4) is 0 Å². The van der Waals surface area contributed by atoms with Crippen LogP contribution in [-0.2, 0) is 4.57 Å². The Morgan fingerprint density at radius 1 is 1.33 bits per heavy atom. The van der Waals surface area contributed by atoms with Gasteiger partial charge in [-0.05, 0) is 23.4 Å². The van der Waals surface area contributed by atoms with Gasteiger partial charge < -0.3 is 20.0 Å². The standard InChI is InChI=1S/C4H5NS.Na.H3O3P.H2O.H/c1-2-4-6-5-3-1;;1-4(2)3;;/h1-5H;;4H,(H2,1,2,3);1H2;. The number of allylic oxidation sites excluding steroid dienone is 2. The van der Waals surface area contributed by atoms with Crippen molar-refractivity contribution in [3.63, 3.8) is 0 Å². The van der Waals surface area contributed by atoms with Crippen molar-refractivity contribution in [2.24, 2.45) is 0 Å². The fourth-order valence-electron chi connectivity index (χ4n) is 0.258. The van der Waals surface area contributed by atoms with Gasteiger partial charge in [-0.25, -0.2) is 0 Å². The van der Waals surface area contributed by atoms with E-state index in [2.05, 4.69) is 4.72 Å². The first-order valence-electron chi connectivity index (χ1n) is 2.38. The van der Waals surface area contributed by atoms with Crippen molar-refractivity contribution in [3.05, 3.63) is 23.8 Å². The second-order valence-corrected chi connectivity index (χ2v) is 2.51. The average Bonchev–Trinajstić information content (AvgIpc) is 1.90. The number of hydrogen-bond donors (Lipinski definition) is 3. The summed E-state index contributed by atoms with van der Waals surface area (Å²) in [5.74, 6) is 0. The van der Waals surface area contributed by atoms with E-state index in [4.69, 9.17) is 14.4 Å². The van der Waals surface area contributed by atoms with E-state index in [0.717, 1.165) is 0 Å². The molecule has 0 saturated heterocycles. The maximum absolute atomic E-state index is 8.74.